The van der Waals surface area contributed by atoms with E-state index in [0.29, 0.717) is 5.69 Å². The van der Waals surface area contributed by atoms with Gasteiger partial charge in [-0.3, -0.25) is 14.4 Å². The molecule has 0 bridgehead atoms. The van der Waals surface area contributed by atoms with E-state index in [1.807, 2.05) is 24.8 Å². The van der Waals surface area contributed by atoms with Gasteiger partial charge in [-0.05, 0) is 38.0 Å². The number of carbonyl (C=O) groups excluding carboxylic acids is 1. The zero-order chi connectivity index (χ0) is 17.1. The Labute approximate surface area is 143 Å². The maximum atomic E-state index is 12.8. The van der Waals surface area contributed by atoms with Gasteiger partial charge >= 0.3 is 0 Å². The predicted octanol–water partition coefficient (Wildman–Crippen LogP) is 2.48. The molecule has 5 heteroatoms. The van der Waals surface area contributed by atoms with E-state index in [9.17, 15) is 4.79 Å². The normalized spacial score (nSPS) is 15.7. The van der Waals surface area contributed by atoms with Gasteiger partial charge < -0.3 is 4.90 Å². The van der Waals surface area contributed by atoms with Crippen molar-refractivity contribution >= 4 is 5.91 Å². The maximum Gasteiger partial charge on any atom is 0.272 e. The van der Waals surface area contributed by atoms with Crippen LogP contribution in [0.3, 0.4) is 0 Å². The molecule has 0 radical (unpaired) electrons. The summed E-state index contributed by atoms with van der Waals surface area (Å²) in [5.41, 5.74) is 4.32. The van der Waals surface area contributed by atoms with Crippen LogP contribution in [0.2, 0.25) is 0 Å². The minimum absolute atomic E-state index is 0.105. The Bertz CT molecular complexity index is 714. The van der Waals surface area contributed by atoms with Gasteiger partial charge in [0.05, 0.1) is 5.69 Å². The van der Waals surface area contributed by atoms with Gasteiger partial charge in [-0.25, -0.2) is 0 Å². The largest absolute Gasteiger partial charge is 0.335 e. The molecule has 2 heterocycles. The maximum absolute atomic E-state index is 12.8. The third kappa shape index (κ3) is 3.51. The lowest BCUT2D eigenvalue weighted by molar-refractivity contribution is 0.0616. The summed E-state index contributed by atoms with van der Waals surface area (Å²) >= 11 is 0. The first-order valence-electron chi connectivity index (χ1n) is 8.69. The Morgan fingerprint density at radius 3 is 2.50 bits per heavy atom. The van der Waals surface area contributed by atoms with Crippen LogP contribution in [0.25, 0.3) is 0 Å². The van der Waals surface area contributed by atoms with E-state index in [1.54, 1.807) is 4.68 Å². The lowest BCUT2D eigenvalue weighted by Gasteiger charge is -2.35. The number of rotatable bonds is 4. The number of amides is 1. The molecule has 0 spiro atoms. The Morgan fingerprint density at radius 1 is 1.12 bits per heavy atom. The van der Waals surface area contributed by atoms with Crippen LogP contribution in [-0.2, 0) is 13.1 Å². The third-order valence-corrected chi connectivity index (χ3v) is 4.74. The summed E-state index contributed by atoms with van der Waals surface area (Å²) in [6.07, 6.45) is 0. The van der Waals surface area contributed by atoms with Crippen molar-refractivity contribution in [2.24, 2.45) is 0 Å². The van der Waals surface area contributed by atoms with Gasteiger partial charge in [0.2, 0.25) is 0 Å². The van der Waals surface area contributed by atoms with E-state index in [0.717, 1.165) is 45.0 Å². The first-order chi connectivity index (χ1) is 11.6. The van der Waals surface area contributed by atoms with Gasteiger partial charge in [-0.1, -0.05) is 24.3 Å². The monoisotopic (exact) mass is 326 g/mol. The molecule has 1 amide bonds. The zero-order valence-electron chi connectivity index (χ0n) is 14.8. The molecule has 1 aromatic carbocycles. The van der Waals surface area contributed by atoms with Crippen LogP contribution in [0.1, 0.15) is 34.2 Å². The van der Waals surface area contributed by atoms with Crippen molar-refractivity contribution in [2.45, 2.75) is 33.9 Å². The fraction of sp³-hybridized carbons (Fsp3) is 0.474. The molecular formula is C19H26N4O. The van der Waals surface area contributed by atoms with Crippen LogP contribution in [0, 0.1) is 13.8 Å². The Kier molecular flexibility index (Phi) is 5.00. The van der Waals surface area contributed by atoms with E-state index >= 15 is 0 Å². The lowest BCUT2D eigenvalue weighted by atomic mass is 10.1. The number of hydrogen-bond donors (Lipinski definition) is 0. The summed E-state index contributed by atoms with van der Waals surface area (Å²) in [6, 6.07) is 10.4. The summed E-state index contributed by atoms with van der Waals surface area (Å²) in [4.78, 5) is 17.1. The predicted molar refractivity (Wildman–Crippen MR) is 95.0 cm³/mol. The summed E-state index contributed by atoms with van der Waals surface area (Å²) in [5, 5.41) is 4.38. The molecule has 0 aliphatic carbocycles. The molecule has 0 unspecified atom stereocenters. The molecule has 0 N–H and O–H groups in total. The number of aryl methyl sites for hydroxylation is 3. The highest BCUT2D eigenvalue weighted by Gasteiger charge is 2.24. The van der Waals surface area contributed by atoms with Crippen molar-refractivity contribution in [2.75, 3.05) is 26.2 Å². The van der Waals surface area contributed by atoms with E-state index in [-0.39, 0.29) is 5.91 Å². The Hall–Kier alpha value is -2.14. The quantitative estimate of drug-likeness (QED) is 0.867. The first kappa shape index (κ1) is 16.7. The van der Waals surface area contributed by atoms with Crippen molar-refractivity contribution < 1.29 is 4.79 Å². The van der Waals surface area contributed by atoms with Gasteiger partial charge in [0.15, 0.2) is 0 Å². The summed E-state index contributed by atoms with van der Waals surface area (Å²) in [6.45, 7) is 11.2. The van der Waals surface area contributed by atoms with Crippen LogP contribution in [0.15, 0.2) is 30.3 Å². The smallest absolute Gasteiger partial charge is 0.272 e. The van der Waals surface area contributed by atoms with Crippen LogP contribution in [0.4, 0.5) is 0 Å². The zero-order valence-corrected chi connectivity index (χ0v) is 14.8. The average molecular weight is 326 g/mol. The van der Waals surface area contributed by atoms with Gasteiger partial charge in [0, 0.05) is 39.3 Å². The molecule has 1 saturated heterocycles. The fourth-order valence-corrected chi connectivity index (χ4v) is 3.26. The molecule has 0 saturated carbocycles. The molecule has 5 nitrogen and oxygen atoms in total. The average Bonchev–Trinajstić information content (AvgIpc) is 2.98. The summed E-state index contributed by atoms with van der Waals surface area (Å²) in [5.74, 6) is 0.105. The fourth-order valence-electron chi connectivity index (χ4n) is 3.26. The minimum Gasteiger partial charge on any atom is -0.335 e. The SMILES string of the molecule is CCn1nc(C)cc1C(=O)N1CCN(Cc2ccccc2C)CC1. The van der Waals surface area contributed by atoms with Crippen molar-refractivity contribution in [3.05, 3.63) is 52.8 Å². The van der Waals surface area contributed by atoms with Gasteiger partial charge in [-0.2, -0.15) is 5.10 Å². The van der Waals surface area contributed by atoms with Crippen LogP contribution in [0.5, 0.6) is 0 Å². The second-order valence-electron chi connectivity index (χ2n) is 6.48. The highest BCUT2D eigenvalue weighted by molar-refractivity contribution is 5.92. The molecule has 1 aromatic heterocycles. The van der Waals surface area contributed by atoms with Crippen LogP contribution >= 0.6 is 0 Å². The highest BCUT2D eigenvalue weighted by atomic mass is 16.2. The van der Waals surface area contributed by atoms with E-state index in [2.05, 4.69) is 41.2 Å². The van der Waals surface area contributed by atoms with Crippen molar-refractivity contribution in [3.63, 3.8) is 0 Å². The number of aromatic nitrogens is 2. The van der Waals surface area contributed by atoms with Crippen molar-refractivity contribution in [3.8, 4) is 0 Å². The molecule has 1 aliphatic heterocycles. The second-order valence-corrected chi connectivity index (χ2v) is 6.48. The molecule has 3 rings (SSSR count). The van der Waals surface area contributed by atoms with Gasteiger partial charge in [-0.15, -0.1) is 0 Å². The van der Waals surface area contributed by atoms with E-state index in [1.165, 1.54) is 11.1 Å². The van der Waals surface area contributed by atoms with Crippen LogP contribution in [-0.4, -0.2) is 51.7 Å². The standard InChI is InChI=1S/C19H26N4O/c1-4-23-18(13-16(3)20-23)19(24)22-11-9-21(10-12-22)14-17-8-6-5-7-15(17)2/h5-8,13H,4,9-12,14H2,1-3H3. The molecule has 1 fully saturated rings. The van der Waals surface area contributed by atoms with Crippen molar-refractivity contribution in [1.82, 2.24) is 19.6 Å². The summed E-state index contributed by atoms with van der Waals surface area (Å²) < 4.78 is 1.80. The second kappa shape index (κ2) is 7.18. The number of carbonyl (C=O) groups is 1. The molecule has 24 heavy (non-hydrogen) atoms. The number of hydrogen-bond acceptors (Lipinski definition) is 3. The molecule has 2 aromatic rings. The van der Waals surface area contributed by atoms with Crippen molar-refractivity contribution in [1.29, 1.82) is 0 Å². The van der Waals surface area contributed by atoms with Gasteiger partial charge in [0.25, 0.3) is 5.91 Å². The Morgan fingerprint density at radius 2 is 1.83 bits per heavy atom. The molecule has 1 aliphatic rings. The first-order valence-corrected chi connectivity index (χ1v) is 8.69. The lowest BCUT2D eigenvalue weighted by Crippen LogP contribution is -2.48. The summed E-state index contributed by atoms with van der Waals surface area (Å²) in [7, 11) is 0. The highest BCUT2D eigenvalue weighted by Crippen LogP contribution is 2.14. The topological polar surface area (TPSA) is 41.4 Å². The van der Waals surface area contributed by atoms with E-state index in [4.69, 9.17) is 0 Å². The molecule has 0 atom stereocenters. The number of piperazine rings is 1. The van der Waals surface area contributed by atoms with E-state index < -0.39 is 0 Å². The Balaban J connectivity index is 1.60. The molecule has 128 valence electrons. The van der Waals surface area contributed by atoms with Crippen LogP contribution < -0.4 is 0 Å². The third-order valence-electron chi connectivity index (χ3n) is 4.74. The number of nitrogens with zero attached hydrogens (tertiary/aromatic N) is 4. The van der Waals surface area contributed by atoms with Gasteiger partial charge in [0.1, 0.15) is 5.69 Å². The number of benzene rings is 1. The minimum atomic E-state index is 0.105. The molecular weight excluding hydrogens is 300 g/mol.